The number of hydrogen-bond acceptors (Lipinski definition) is 2. The van der Waals surface area contributed by atoms with Crippen molar-refractivity contribution in [3.05, 3.63) is 42.4 Å². The van der Waals surface area contributed by atoms with Crippen LogP contribution in [0.2, 0.25) is 0 Å². The van der Waals surface area contributed by atoms with Crippen molar-refractivity contribution in [3.8, 4) is 0 Å². The first-order valence-corrected chi connectivity index (χ1v) is 7.15. The first kappa shape index (κ1) is 14.3. The van der Waals surface area contributed by atoms with Crippen LogP contribution in [0.1, 0.15) is 32.4 Å². The molecule has 0 aromatic carbocycles. The molecular formula is C16H21N3O. The molecule has 0 saturated heterocycles. The Morgan fingerprint density at radius 3 is 2.75 bits per heavy atom. The number of nitrogens with zero attached hydrogens (tertiary/aromatic N) is 3. The monoisotopic (exact) mass is 271 g/mol. The first-order chi connectivity index (χ1) is 9.76. The molecule has 1 amide bonds. The molecule has 106 valence electrons. The van der Waals surface area contributed by atoms with Crippen LogP contribution in [0.3, 0.4) is 0 Å². The molecule has 0 fully saturated rings. The van der Waals surface area contributed by atoms with Crippen LogP contribution in [0.4, 0.5) is 0 Å². The van der Waals surface area contributed by atoms with Gasteiger partial charge in [-0.2, -0.15) is 0 Å². The summed E-state index contributed by atoms with van der Waals surface area (Å²) in [5.41, 5.74) is 1.81. The largest absolute Gasteiger partial charge is 0.339 e. The molecule has 0 aliphatic heterocycles. The fourth-order valence-corrected chi connectivity index (χ4v) is 2.21. The van der Waals surface area contributed by atoms with E-state index in [1.807, 2.05) is 39.8 Å². The Morgan fingerprint density at radius 2 is 2.05 bits per heavy atom. The number of amides is 1. The van der Waals surface area contributed by atoms with Gasteiger partial charge in [-0.3, -0.25) is 4.79 Å². The highest BCUT2D eigenvalue weighted by Crippen LogP contribution is 2.08. The number of aromatic nitrogens is 2. The van der Waals surface area contributed by atoms with Crippen LogP contribution in [-0.2, 0) is 4.79 Å². The smallest absolute Gasteiger partial charge is 0.246 e. The van der Waals surface area contributed by atoms with Crippen LogP contribution in [0.5, 0.6) is 0 Å². The van der Waals surface area contributed by atoms with E-state index in [1.165, 1.54) is 0 Å². The van der Waals surface area contributed by atoms with Gasteiger partial charge in [0, 0.05) is 25.4 Å². The standard InChI is InChI=1S/C16H21N3O/c1-3-10-18(11-4-2)16(20)9-8-14-13-17-15-7-5-6-12-19(14)15/h5-9,12-13H,3-4,10-11H2,1-2H3/b9-8+. The summed E-state index contributed by atoms with van der Waals surface area (Å²) in [4.78, 5) is 18.4. The number of rotatable bonds is 6. The lowest BCUT2D eigenvalue weighted by Crippen LogP contribution is -2.30. The molecule has 2 heterocycles. The first-order valence-electron chi connectivity index (χ1n) is 7.15. The summed E-state index contributed by atoms with van der Waals surface area (Å²) in [6.07, 6.45) is 9.16. The van der Waals surface area contributed by atoms with Crippen molar-refractivity contribution in [2.24, 2.45) is 0 Å². The molecule has 0 saturated carbocycles. The normalized spacial score (nSPS) is 11.3. The van der Waals surface area contributed by atoms with Gasteiger partial charge in [0.25, 0.3) is 0 Å². The van der Waals surface area contributed by atoms with Gasteiger partial charge in [-0.25, -0.2) is 4.98 Å². The van der Waals surface area contributed by atoms with Crippen molar-refractivity contribution in [3.63, 3.8) is 0 Å². The second kappa shape index (κ2) is 6.89. The third-order valence-electron chi connectivity index (χ3n) is 3.14. The lowest BCUT2D eigenvalue weighted by atomic mass is 10.3. The molecule has 2 aromatic heterocycles. The fourth-order valence-electron chi connectivity index (χ4n) is 2.21. The zero-order chi connectivity index (χ0) is 14.4. The summed E-state index contributed by atoms with van der Waals surface area (Å²) in [5, 5.41) is 0. The van der Waals surface area contributed by atoms with Crippen LogP contribution in [0, 0.1) is 0 Å². The maximum absolute atomic E-state index is 12.2. The molecule has 0 aliphatic rings. The maximum atomic E-state index is 12.2. The van der Waals surface area contributed by atoms with Crippen LogP contribution in [-0.4, -0.2) is 33.3 Å². The summed E-state index contributed by atoms with van der Waals surface area (Å²) in [5.74, 6) is 0.0691. The van der Waals surface area contributed by atoms with E-state index in [0.717, 1.165) is 37.3 Å². The SMILES string of the molecule is CCCN(CCC)C(=O)/C=C/c1cnc2ccccn12. The van der Waals surface area contributed by atoms with Crippen molar-refractivity contribution in [1.29, 1.82) is 0 Å². The van der Waals surface area contributed by atoms with E-state index >= 15 is 0 Å². The Morgan fingerprint density at radius 1 is 1.30 bits per heavy atom. The average Bonchev–Trinajstić information content (AvgIpc) is 2.88. The lowest BCUT2D eigenvalue weighted by molar-refractivity contribution is -0.126. The second-order valence-corrected chi connectivity index (χ2v) is 4.77. The number of imidazole rings is 1. The molecule has 0 unspecified atom stereocenters. The van der Waals surface area contributed by atoms with Crippen LogP contribution in [0.15, 0.2) is 36.7 Å². The number of hydrogen-bond donors (Lipinski definition) is 0. The molecule has 2 aromatic rings. The summed E-state index contributed by atoms with van der Waals surface area (Å²) in [6.45, 7) is 5.79. The van der Waals surface area contributed by atoms with Crippen molar-refractivity contribution < 1.29 is 4.79 Å². The lowest BCUT2D eigenvalue weighted by Gasteiger charge is -2.19. The van der Waals surface area contributed by atoms with E-state index in [9.17, 15) is 4.79 Å². The maximum Gasteiger partial charge on any atom is 0.246 e. The van der Waals surface area contributed by atoms with Gasteiger partial charge in [0.1, 0.15) is 5.65 Å². The molecule has 4 nitrogen and oxygen atoms in total. The highest BCUT2D eigenvalue weighted by molar-refractivity contribution is 5.91. The Hall–Kier alpha value is -2.10. The third-order valence-corrected chi connectivity index (χ3v) is 3.14. The van der Waals surface area contributed by atoms with Gasteiger partial charge in [0.05, 0.1) is 11.9 Å². The predicted molar refractivity (Wildman–Crippen MR) is 81.4 cm³/mol. The molecule has 2 rings (SSSR count). The van der Waals surface area contributed by atoms with Crippen LogP contribution < -0.4 is 0 Å². The minimum Gasteiger partial charge on any atom is -0.339 e. The molecule has 0 radical (unpaired) electrons. The molecule has 0 spiro atoms. The number of carbonyl (C=O) groups excluding carboxylic acids is 1. The third kappa shape index (κ3) is 3.26. The van der Waals surface area contributed by atoms with Crippen molar-refractivity contribution in [1.82, 2.24) is 14.3 Å². The Balaban J connectivity index is 2.13. The number of carbonyl (C=O) groups is 1. The summed E-state index contributed by atoms with van der Waals surface area (Å²) in [6, 6.07) is 5.85. The van der Waals surface area contributed by atoms with Crippen LogP contribution >= 0.6 is 0 Å². The number of pyridine rings is 1. The van der Waals surface area contributed by atoms with Gasteiger partial charge in [0.2, 0.25) is 5.91 Å². The van der Waals surface area contributed by atoms with Gasteiger partial charge in [0.15, 0.2) is 0 Å². The Labute approximate surface area is 119 Å². The van der Waals surface area contributed by atoms with E-state index in [4.69, 9.17) is 0 Å². The highest BCUT2D eigenvalue weighted by atomic mass is 16.2. The van der Waals surface area contributed by atoms with Gasteiger partial charge >= 0.3 is 0 Å². The highest BCUT2D eigenvalue weighted by Gasteiger charge is 2.08. The Kier molecular flexibility index (Phi) is 4.93. The minimum absolute atomic E-state index is 0.0691. The van der Waals surface area contributed by atoms with Crippen LogP contribution in [0.25, 0.3) is 11.7 Å². The fraction of sp³-hybridized carbons (Fsp3) is 0.375. The summed E-state index contributed by atoms with van der Waals surface area (Å²) >= 11 is 0. The predicted octanol–water partition coefficient (Wildman–Crippen LogP) is 3.00. The van der Waals surface area contributed by atoms with E-state index in [2.05, 4.69) is 18.8 Å². The summed E-state index contributed by atoms with van der Waals surface area (Å²) < 4.78 is 1.97. The molecule has 0 atom stereocenters. The van der Waals surface area contributed by atoms with E-state index in [0.29, 0.717) is 0 Å². The molecule has 20 heavy (non-hydrogen) atoms. The Bertz CT molecular complexity index is 595. The quantitative estimate of drug-likeness (QED) is 0.757. The average molecular weight is 271 g/mol. The van der Waals surface area contributed by atoms with Gasteiger partial charge in [-0.1, -0.05) is 19.9 Å². The zero-order valence-electron chi connectivity index (χ0n) is 12.1. The van der Waals surface area contributed by atoms with Gasteiger partial charge < -0.3 is 9.30 Å². The topological polar surface area (TPSA) is 37.6 Å². The van der Waals surface area contributed by atoms with E-state index in [-0.39, 0.29) is 5.91 Å². The van der Waals surface area contributed by atoms with E-state index in [1.54, 1.807) is 12.3 Å². The number of fused-ring (bicyclic) bond motifs is 1. The molecule has 0 aliphatic carbocycles. The van der Waals surface area contributed by atoms with Gasteiger partial charge in [-0.05, 0) is 31.1 Å². The zero-order valence-corrected chi connectivity index (χ0v) is 12.1. The molecule has 0 bridgehead atoms. The van der Waals surface area contributed by atoms with Gasteiger partial charge in [-0.15, -0.1) is 0 Å². The second-order valence-electron chi connectivity index (χ2n) is 4.77. The minimum atomic E-state index is 0.0691. The molecular weight excluding hydrogens is 250 g/mol. The van der Waals surface area contributed by atoms with Crippen molar-refractivity contribution in [2.75, 3.05) is 13.1 Å². The molecule has 4 heteroatoms. The van der Waals surface area contributed by atoms with Crippen molar-refractivity contribution in [2.45, 2.75) is 26.7 Å². The van der Waals surface area contributed by atoms with E-state index < -0.39 is 0 Å². The molecule has 0 N–H and O–H groups in total. The van der Waals surface area contributed by atoms with Crippen molar-refractivity contribution >= 4 is 17.6 Å². The summed E-state index contributed by atoms with van der Waals surface area (Å²) in [7, 11) is 0.